The summed E-state index contributed by atoms with van der Waals surface area (Å²) in [7, 11) is 0. The van der Waals surface area contributed by atoms with Crippen molar-refractivity contribution in [3.63, 3.8) is 0 Å². The van der Waals surface area contributed by atoms with E-state index in [4.69, 9.17) is 18.9 Å². The van der Waals surface area contributed by atoms with Gasteiger partial charge in [-0.15, -0.1) is 0 Å². The Kier molecular flexibility index (Phi) is 2.23. The van der Waals surface area contributed by atoms with Gasteiger partial charge < -0.3 is 18.9 Å². The second-order valence-electron chi connectivity index (χ2n) is 4.79. The molecular formula is C12H16O4. The van der Waals surface area contributed by atoms with Crippen molar-refractivity contribution in [2.45, 2.75) is 44.2 Å². The predicted molar refractivity (Wildman–Crippen MR) is 56.7 cm³/mol. The van der Waals surface area contributed by atoms with Crippen molar-refractivity contribution in [1.29, 1.82) is 0 Å². The number of hydrogen-bond donors (Lipinski definition) is 0. The third-order valence-corrected chi connectivity index (χ3v) is 3.11. The lowest BCUT2D eigenvalue weighted by atomic mass is 10.0. The highest BCUT2D eigenvalue weighted by Gasteiger charge is 2.55. The topological polar surface area (TPSA) is 36.9 Å². The Balaban J connectivity index is 1.80. The molecule has 0 saturated carbocycles. The van der Waals surface area contributed by atoms with E-state index in [0.717, 1.165) is 5.57 Å². The zero-order valence-electron chi connectivity index (χ0n) is 9.51. The van der Waals surface area contributed by atoms with E-state index in [1.807, 2.05) is 19.9 Å². The van der Waals surface area contributed by atoms with Gasteiger partial charge in [0.1, 0.15) is 18.3 Å². The molecule has 0 bridgehead atoms. The molecule has 0 radical (unpaired) electrons. The Morgan fingerprint density at radius 2 is 2.19 bits per heavy atom. The molecule has 0 aliphatic carbocycles. The van der Waals surface area contributed by atoms with Gasteiger partial charge in [0.15, 0.2) is 12.1 Å². The maximum atomic E-state index is 5.78. The minimum absolute atomic E-state index is 0.0597. The predicted octanol–water partition coefficient (Wildman–Crippen LogP) is 1.37. The first-order chi connectivity index (χ1) is 7.59. The van der Waals surface area contributed by atoms with Gasteiger partial charge in [0.05, 0.1) is 6.61 Å². The summed E-state index contributed by atoms with van der Waals surface area (Å²) in [5.41, 5.74) is 1.06. The fraction of sp³-hybridized carbons (Fsp3) is 0.667. The second-order valence-corrected chi connectivity index (χ2v) is 4.79. The standard InChI is InChI=1S/C12H16O4/c1-4-7-5-8-9(13-6-7)10-11(14-8)16-12(2,3)15-10/h4-5,8-11H,1,6H2,2-3H3/t8-,9-,10-,11-/m1/s1. The van der Waals surface area contributed by atoms with Gasteiger partial charge in [-0.05, 0) is 25.5 Å². The van der Waals surface area contributed by atoms with Crippen LogP contribution in [0.3, 0.4) is 0 Å². The van der Waals surface area contributed by atoms with Crippen LogP contribution in [0.2, 0.25) is 0 Å². The molecule has 0 spiro atoms. The van der Waals surface area contributed by atoms with Gasteiger partial charge in [-0.1, -0.05) is 12.7 Å². The van der Waals surface area contributed by atoms with Crippen molar-refractivity contribution in [3.8, 4) is 0 Å². The summed E-state index contributed by atoms with van der Waals surface area (Å²) in [6.45, 7) is 8.07. The molecule has 2 fully saturated rings. The van der Waals surface area contributed by atoms with Gasteiger partial charge in [-0.2, -0.15) is 0 Å². The van der Waals surface area contributed by atoms with Crippen LogP contribution in [0, 0.1) is 0 Å². The molecule has 3 aliphatic rings. The van der Waals surface area contributed by atoms with E-state index in [2.05, 4.69) is 6.58 Å². The van der Waals surface area contributed by atoms with Crippen LogP contribution in [0.1, 0.15) is 13.8 Å². The molecule has 0 unspecified atom stereocenters. The van der Waals surface area contributed by atoms with Gasteiger partial charge in [0.2, 0.25) is 0 Å². The lowest BCUT2D eigenvalue weighted by Crippen LogP contribution is -2.38. The molecule has 3 rings (SSSR count). The molecule has 3 heterocycles. The van der Waals surface area contributed by atoms with E-state index < -0.39 is 5.79 Å². The highest BCUT2D eigenvalue weighted by molar-refractivity contribution is 5.23. The van der Waals surface area contributed by atoms with E-state index in [1.54, 1.807) is 6.08 Å². The Morgan fingerprint density at radius 3 is 2.94 bits per heavy atom. The molecule has 0 aromatic heterocycles. The summed E-state index contributed by atoms with van der Waals surface area (Å²) in [4.78, 5) is 0. The Hall–Kier alpha value is -0.680. The van der Waals surface area contributed by atoms with Gasteiger partial charge in [0, 0.05) is 0 Å². The van der Waals surface area contributed by atoms with Crippen LogP contribution < -0.4 is 0 Å². The van der Waals surface area contributed by atoms with Crippen molar-refractivity contribution in [1.82, 2.24) is 0 Å². The van der Waals surface area contributed by atoms with Gasteiger partial charge in [-0.25, -0.2) is 0 Å². The monoisotopic (exact) mass is 224 g/mol. The smallest absolute Gasteiger partial charge is 0.190 e. The summed E-state index contributed by atoms with van der Waals surface area (Å²) in [5, 5.41) is 0. The van der Waals surface area contributed by atoms with Crippen LogP contribution >= 0.6 is 0 Å². The highest BCUT2D eigenvalue weighted by atomic mass is 16.8. The first-order valence-electron chi connectivity index (χ1n) is 5.55. The minimum Gasteiger partial charge on any atom is -0.368 e. The SMILES string of the molecule is C=CC1=C[C@H]2O[C@@H]3OC(C)(C)O[C@@H]3[C@@H]2OC1. The largest absolute Gasteiger partial charge is 0.368 e. The molecule has 16 heavy (non-hydrogen) atoms. The lowest BCUT2D eigenvalue weighted by molar-refractivity contribution is -0.213. The van der Waals surface area contributed by atoms with Crippen molar-refractivity contribution in [3.05, 3.63) is 24.3 Å². The van der Waals surface area contributed by atoms with Crippen LogP contribution in [0.15, 0.2) is 24.3 Å². The molecule has 0 amide bonds. The van der Waals surface area contributed by atoms with Crippen LogP contribution in [0.5, 0.6) is 0 Å². The van der Waals surface area contributed by atoms with Crippen molar-refractivity contribution >= 4 is 0 Å². The molecule has 88 valence electrons. The van der Waals surface area contributed by atoms with Gasteiger partial charge in [-0.3, -0.25) is 0 Å². The maximum Gasteiger partial charge on any atom is 0.190 e. The maximum absolute atomic E-state index is 5.78. The lowest BCUT2D eigenvalue weighted by Gasteiger charge is -2.27. The fourth-order valence-corrected chi connectivity index (χ4v) is 2.41. The third-order valence-electron chi connectivity index (χ3n) is 3.11. The summed E-state index contributed by atoms with van der Waals surface area (Å²) in [6, 6.07) is 0. The minimum atomic E-state index is -0.577. The third kappa shape index (κ3) is 1.53. The summed E-state index contributed by atoms with van der Waals surface area (Å²) in [5.74, 6) is -0.577. The molecular weight excluding hydrogens is 208 g/mol. The first kappa shape index (κ1) is 10.5. The van der Waals surface area contributed by atoms with E-state index in [-0.39, 0.29) is 24.6 Å². The van der Waals surface area contributed by atoms with Crippen molar-refractivity contribution in [2.24, 2.45) is 0 Å². The van der Waals surface area contributed by atoms with Crippen molar-refractivity contribution < 1.29 is 18.9 Å². The Labute approximate surface area is 94.8 Å². The zero-order chi connectivity index (χ0) is 11.3. The van der Waals surface area contributed by atoms with E-state index in [9.17, 15) is 0 Å². The molecule has 2 saturated heterocycles. The molecule has 3 aliphatic heterocycles. The average Bonchev–Trinajstić information content (AvgIpc) is 2.68. The molecule has 4 atom stereocenters. The quantitative estimate of drug-likeness (QED) is 0.674. The second kappa shape index (κ2) is 3.40. The zero-order valence-corrected chi connectivity index (χ0v) is 9.51. The number of rotatable bonds is 1. The van der Waals surface area contributed by atoms with Crippen LogP contribution in [0.25, 0.3) is 0 Å². The Morgan fingerprint density at radius 1 is 1.38 bits per heavy atom. The summed E-state index contributed by atoms with van der Waals surface area (Å²) < 4.78 is 22.9. The van der Waals surface area contributed by atoms with E-state index in [0.29, 0.717) is 6.61 Å². The fourth-order valence-electron chi connectivity index (χ4n) is 2.41. The Bertz CT molecular complexity index is 347. The molecule has 0 N–H and O–H groups in total. The highest BCUT2D eigenvalue weighted by Crippen LogP contribution is 2.40. The van der Waals surface area contributed by atoms with Gasteiger partial charge >= 0.3 is 0 Å². The van der Waals surface area contributed by atoms with E-state index in [1.165, 1.54) is 0 Å². The van der Waals surface area contributed by atoms with Crippen LogP contribution in [-0.2, 0) is 18.9 Å². The normalized spacial score (nSPS) is 44.8. The summed E-state index contributed by atoms with van der Waals surface area (Å²) in [6.07, 6.45) is 3.26. The molecule has 0 aromatic rings. The molecule has 0 aromatic carbocycles. The van der Waals surface area contributed by atoms with Crippen molar-refractivity contribution in [2.75, 3.05) is 6.61 Å². The van der Waals surface area contributed by atoms with Crippen LogP contribution in [0.4, 0.5) is 0 Å². The number of ether oxygens (including phenoxy) is 4. The van der Waals surface area contributed by atoms with E-state index >= 15 is 0 Å². The first-order valence-corrected chi connectivity index (χ1v) is 5.55. The number of fused-ring (bicyclic) bond motifs is 3. The average molecular weight is 224 g/mol. The molecule has 4 nitrogen and oxygen atoms in total. The number of hydrogen-bond acceptors (Lipinski definition) is 4. The van der Waals surface area contributed by atoms with Gasteiger partial charge in [0.25, 0.3) is 0 Å². The molecule has 4 heteroatoms. The summed E-state index contributed by atoms with van der Waals surface area (Å²) >= 11 is 0. The van der Waals surface area contributed by atoms with Crippen LogP contribution in [-0.4, -0.2) is 37.0 Å².